The molecule has 1 heteroatoms. The fourth-order valence-corrected chi connectivity index (χ4v) is 2.36. The Labute approximate surface area is 109 Å². The molecule has 0 heterocycles. The number of hydrogen-bond donors (Lipinski definition) is 0. The molecule has 0 bridgehead atoms. The average Bonchev–Trinajstić information content (AvgIpc) is 2.45. The molecule has 1 aromatic carbocycles. The molecule has 94 valence electrons. The molecule has 1 nitrogen and oxygen atoms in total. The number of allylic oxidation sites excluding steroid dienone is 3. The van der Waals surface area contributed by atoms with Crippen LogP contribution in [-0.2, 0) is 4.79 Å². The Bertz CT molecular complexity index is 422. The highest BCUT2D eigenvalue weighted by molar-refractivity contribution is 6.01. The first-order valence-electron chi connectivity index (χ1n) is 6.80. The van der Waals surface area contributed by atoms with E-state index in [4.69, 9.17) is 0 Å². The summed E-state index contributed by atoms with van der Waals surface area (Å²) < 4.78 is 0. The highest BCUT2D eigenvalue weighted by Crippen LogP contribution is 2.24. The lowest BCUT2D eigenvalue weighted by atomic mass is 9.89. The summed E-state index contributed by atoms with van der Waals surface area (Å²) in [6, 6.07) is 9.91. The van der Waals surface area contributed by atoms with Gasteiger partial charge in [-0.05, 0) is 36.5 Å². The summed E-state index contributed by atoms with van der Waals surface area (Å²) in [4.78, 5) is 11.7. The summed E-state index contributed by atoms with van der Waals surface area (Å²) >= 11 is 0. The topological polar surface area (TPSA) is 17.1 Å². The lowest BCUT2D eigenvalue weighted by Crippen LogP contribution is -2.03. The summed E-state index contributed by atoms with van der Waals surface area (Å²) in [5.74, 6) is 0.706. The first-order chi connectivity index (χ1) is 8.84. The number of benzene rings is 1. The van der Waals surface area contributed by atoms with E-state index < -0.39 is 0 Å². The highest BCUT2D eigenvalue weighted by atomic mass is 16.1. The molecule has 18 heavy (non-hydrogen) atoms. The maximum atomic E-state index is 11.7. The van der Waals surface area contributed by atoms with Crippen LogP contribution in [0, 0.1) is 5.92 Å². The van der Waals surface area contributed by atoms with Gasteiger partial charge in [-0.1, -0.05) is 61.7 Å². The van der Waals surface area contributed by atoms with Gasteiger partial charge in [-0.3, -0.25) is 4.79 Å². The van der Waals surface area contributed by atoms with Gasteiger partial charge in [0.05, 0.1) is 0 Å². The summed E-state index contributed by atoms with van der Waals surface area (Å²) in [6.45, 7) is 0. The Kier molecular flexibility index (Phi) is 4.95. The van der Waals surface area contributed by atoms with Gasteiger partial charge in [0, 0.05) is 0 Å². The zero-order valence-electron chi connectivity index (χ0n) is 10.7. The van der Waals surface area contributed by atoms with Gasteiger partial charge in [0.25, 0.3) is 0 Å². The molecule has 0 aromatic heterocycles. The molecule has 1 saturated carbocycles. The minimum Gasteiger partial charge on any atom is -0.290 e. The van der Waals surface area contributed by atoms with Crippen LogP contribution in [0.4, 0.5) is 0 Å². The van der Waals surface area contributed by atoms with Crippen LogP contribution in [0.2, 0.25) is 0 Å². The van der Waals surface area contributed by atoms with Crippen molar-refractivity contribution in [2.45, 2.75) is 32.1 Å². The zero-order valence-corrected chi connectivity index (χ0v) is 10.7. The van der Waals surface area contributed by atoms with E-state index in [2.05, 4.69) is 6.08 Å². The van der Waals surface area contributed by atoms with Crippen molar-refractivity contribution in [3.05, 3.63) is 54.1 Å². The third kappa shape index (κ3) is 4.33. The van der Waals surface area contributed by atoms with E-state index in [0.717, 1.165) is 5.56 Å². The van der Waals surface area contributed by atoms with Gasteiger partial charge in [-0.2, -0.15) is 0 Å². The van der Waals surface area contributed by atoms with Crippen LogP contribution in [0.15, 0.2) is 48.6 Å². The maximum Gasteiger partial charge on any atom is 0.178 e. The van der Waals surface area contributed by atoms with E-state index in [0.29, 0.717) is 5.92 Å². The van der Waals surface area contributed by atoms with Crippen molar-refractivity contribution >= 4 is 11.9 Å². The molecular weight excluding hydrogens is 220 g/mol. The molecular formula is C17H20O. The Morgan fingerprint density at radius 3 is 2.44 bits per heavy atom. The van der Waals surface area contributed by atoms with E-state index >= 15 is 0 Å². The molecule has 0 saturated heterocycles. The lowest BCUT2D eigenvalue weighted by Gasteiger charge is -2.17. The SMILES string of the molecule is O=C(/C=C/c1ccccc1)/C=C/C1CCCCC1. The van der Waals surface area contributed by atoms with Crippen molar-refractivity contribution in [2.24, 2.45) is 5.92 Å². The van der Waals surface area contributed by atoms with Gasteiger partial charge in [0.2, 0.25) is 0 Å². The molecule has 2 rings (SSSR count). The standard InChI is InChI=1S/C17H20O/c18-17(13-11-15-7-3-1-4-8-15)14-12-16-9-5-2-6-10-16/h1,3-4,7-8,11-14,16H,2,5-6,9-10H2/b13-11+,14-12+. The fourth-order valence-electron chi connectivity index (χ4n) is 2.36. The van der Waals surface area contributed by atoms with Crippen molar-refractivity contribution in [2.75, 3.05) is 0 Å². The molecule has 0 amide bonds. The molecule has 0 unspecified atom stereocenters. The molecule has 1 aromatic rings. The Morgan fingerprint density at radius 1 is 1.00 bits per heavy atom. The van der Waals surface area contributed by atoms with E-state index in [1.807, 2.05) is 36.4 Å². The minimum absolute atomic E-state index is 0.0874. The van der Waals surface area contributed by atoms with Gasteiger partial charge in [-0.25, -0.2) is 0 Å². The summed E-state index contributed by atoms with van der Waals surface area (Å²) in [6.07, 6.45) is 13.8. The van der Waals surface area contributed by atoms with Crippen molar-refractivity contribution in [1.29, 1.82) is 0 Å². The average molecular weight is 240 g/mol. The van der Waals surface area contributed by atoms with Crippen molar-refractivity contribution in [3.8, 4) is 0 Å². The van der Waals surface area contributed by atoms with Gasteiger partial charge < -0.3 is 0 Å². The Balaban J connectivity index is 1.84. The largest absolute Gasteiger partial charge is 0.290 e. The number of rotatable bonds is 4. The lowest BCUT2D eigenvalue weighted by molar-refractivity contribution is -0.110. The molecule has 1 aliphatic rings. The molecule has 0 spiro atoms. The second-order valence-corrected chi connectivity index (χ2v) is 4.90. The molecule has 1 fully saturated rings. The smallest absolute Gasteiger partial charge is 0.178 e. The van der Waals surface area contributed by atoms with Crippen LogP contribution < -0.4 is 0 Å². The van der Waals surface area contributed by atoms with Gasteiger partial charge in [-0.15, -0.1) is 0 Å². The normalized spacial score (nSPS) is 17.6. The second kappa shape index (κ2) is 6.95. The van der Waals surface area contributed by atoms with Crippen molar-refractivity contribution < 1.29 is 4.79 Å². The third-order valence-electron chi connectivity index (χ3n) is 3.42. The van der Waals surface area contributed by atoms with Crippen molar-refractivity contribution in [1.82, 2.24) is 0 Å². The minimum atomic E-state index is 0.0874. The summed E-state index contributed by atoms with van der Waals surface area (Å²) in [5, 5.41) is 0. The number of carbonyl (C=O) groups is 1. The van der Waals surface area contributed by atoms with Gasteiger partial charge >= 0.3 is 0 Å². The van der Waals surface area contributed by atoms with E-state index in [-0.39, 0.29) is 5.78 Å². The van der Waals surface area contributed by atoms with Crippen LogP contribution >= 0.6 is 0 Å². The molecule has 0 N–H and O–H groups in total. The predicted octanol–water partition coefficient (Wildman–Crippen LogP) is 4.41. The molecule has 1 aliphatic carbocycles. The monoisotopic (exact) mass is 240 g/mol. The molecule has 0 atom stereocenters. The van der Waals surface area contributed by atoms with Crippen LogP contribution in [0.1, 0.15) is 37.7 Å². The van der Waals surface area contributed by atoms with Crippen LogP contribution in [0.25, 0.3) is 6.08 Å². The van der Waals surface area contributed by atoms with E-state index in [1.54, 1.807) is 12.2 Å². The van der Waals surface area contributed by atoms with Crippen LogP contribution in [-0.4, -0.2) is 5.78 Å². The number of hydrogen-bond acceptors (Lipinski definition) is 1. The second-order valence-electron chi connectivity index (χ2n) is 4.90. The number of ketones is 1. The van der Waals surface area contributed by atoms with Crippen LogP contribution in [0.3, 0.4) is 0 Å². The molecule has 0 radical (unpaired) electrons. The van der Waals surface area contributed by atoms with Crippen molar-refractivity contribution in [3.63, 3.8) is 0 Å². The van der Waals surface area contributed by atoms with Gasteiger partial charge in [0.1, 0.15) is 0 Å². The summed E-state index contributed by atoms with van der Waals surface area (Å²) in [5.41, 5.74) is 1.07. The quantitative estimate of drug-likeness (QED) is 0.713. The first kappa shape index (κ1) is 12.8. The maximum absolute atomic E-state index is 11.7. The Morgan fingerprint density at radius 2 is 1.72 bits per heavy atom. The molecule has 0 aliphatic heterocycles. The predicted molar refractivity (Wildman–Crippen MR) is 76.2 cm³/mol. The van der Waals surface area contributed by atoms with Crippen LogP contribution in [0.5, 0.6) is 0 Å². The fraction of sp³-hybridized carbons (Fsp3) is 0.353. The highest BCUT2D eigenvalue weighted by Gasteiger charge is 2.09. The van der Waals surface area contributed by atoms with Gasteiger partial charge in [0.15, 0.2) is 5.78 Å². The first-order valence-corrected chi connectivity index (χ1v) is 6.80. The summed E-state index contributed by atoms with van der Waals surface area (Å²) in [7, 11) is 0. The van der Waals surface area contributed by atoms with E-state index in [9.17, 15) is 4.79 Å². The Hall–Kier alpha value is -1.63. The van der Waals surface area contributed by atoms with E-state index in [1.165, 1.54) is 32.1 Å². The number of carbonyl (C=O) groups excluding carboxylic acids is 1. The zero-order chi connectivity index (χ0) is 12.6. The third-order valence-corrected chi connectivity index (χ3v) is 3.42.